The summed E-state index contributed by atoms with van der Waals surface area (Å²) in [6.45, 7) is 0. The summed E-state index contributed by atoms with van der Waals surface area (Å²) >= 11 is 0. The molecule has 0 bridgehead atoms. The molecule has 2 aromatic carbocycles. The third kappa shape index (κ3) is 2.13. The first kappa shape index (κ1) is 14.4. The van der Waals surface area contributed by atoms with Crippen LogP contribution in [0.4, 0.5) is 5.69 Å². The van der Waals surface area contributed by atoms with E-state index >= 15 is 0 Å². The number of carbonyl (C=O) groups excluding carboxylic acids is 2. The van der Waals surface area contributed by atoms with Gasteiger partial charge in [0.05, 0.1) is 5.52 Å². The van der Waals surface area contributed by atoms with Crippen molar-refractivity contribution >= 4 is 28.4 Å². The van der Waals surface area contributed by atoms with E-state index < -0.39 is 11.9 Å². The van der Waals surface area contributed by atoms with Crippen molar-refractivity contribution < 1.29 is 9.59 Å². The Hall–Kier alpha value is -3.21. The number of aromatic nitrogens is 1. The molecule has 3 aromatic rings. The number of nitrogens with zero attached hydrogens (tertiary/aromatic N) is 2. The monoisotopic (exact) mass is 317 g/mol. The molecule has 0 aliphatic carbocycles. The largest absolute Gasteiger partial charge is 0.368 e. The minimum absolute atomic E-state index is 0.234. The Kier molecular flexibility index (Phi) is 3.27. The molecule has 0 spiro atoms. The molecule has 1 aliphatic rings. The van der Waals surface area contributed by atoms with Crippen LogP contribution in [-0.4, -0.2) is 22.8 Å². The lowest BCUT2D eigenvalue weighted by molar-refractivity contribution is -0.119. The third-order valence-corrected chi connectivity index (χ3v) is 4.40. The molecule has 2 N–H and O–H groups in total. The van der Waals surface area contributed by atoms with Gasteiger partial charge in [-0.25, -0.2) is 0 Å². The zero-order valence-electron chi connectivity index (χ0n) is 12.8. The zero-order chi connectivity index (χ0) is 16.7. The summed E-state index contributed by atoms with van der Waals surface area (Å²) in [6.07, 6.45) is 2.13. The van der Waals surface area contributed by atoms with E-state index in [0.717, 1.165) is 22.2 Å². The quantitative estimate of drug-likeness (QED) is 0.788. The highest BCUT2D eigenvalue weighted by Gasteiger charge is 2.37. The normalized spacial score (nSPS) is 16.2. The second-order valence-electron chi connectivity index (χ2n) is 5.80. The highest BCUT2D eigenvalue weighted by Crippen LogP contribution is 2.34. The van der Waals surface area contributed by atoms with E-state index in [2.05, 4.69) is 4.98 Å². The van der Waals surface area contributed by atoms with Gasteiger partial charge < -0.3 is 5.73 Å². The maximum Gasteiger partial charge on any atom is 0.259 e. The molecule has 0 unspecified atom stereocenters. The van der Waals surface area contributed by atoms with Gasteiger partial charge >= 0.3 is 0 Å². The molecule has 0 fully saturated rings. The van der Waals surface area contributed by atoms with Crippen LogP contribution in [0.3, 0.4) is 0 Å². The average molecular weight is 317 g/mol. The maximum atomic E-state index is 13.2. The van der Waals surface area contributed by atoms with Gasteiger partial charge in [-0.15, -0.1) is 0 Å². The molecular formula is C19H15N3O2. The lowest BCUT2D eigenvalue weighted by atomic mass is 10.1. The molecule has 2 amide bonds. The van der Waals surface area contributed by atoms with Gasteiger partial charge in [0, 0.05) is 29.3 Å². The van der Waals surface area contributed by atoms with E-state index in [9.17, 15) is 9.59 Å². The summed E-state index contributed by atoms with van der Waals surface area (Å²) < 4.78 is 0. The number of fused-ring (bicyclic) bond motifs is 2. The predicted molar refractivity (Wildman–Crippen MR) is 91.7 cm³/mol. The van der Waals surface area contributed by atoms with Crippen molar-refractivity contribution in [3.8, 4) is 0 Å². The minimum atomic E-state index is -0.665. The number of carbonyl (C=O) groups is 2. The first-order chi connectivity index (χ1) is 11.7. The fraction of sp³-hybridized carbons (Fsp3) is 0.105. The van der Waals surface area contributed by atoms with E-state index in [1.54, 1.807) is 24.4 Å². The molecule has 1 aliphatic heterocycles. The van der Waals surface area contributed by atoms with Crippen LogP contribution in [0, 0.1) is 0 Å². The fourth-order valence-electron chi connectivity index (χ4n) is 3.28. The number of pyridine rings is 1. The summed E-state index contributed by atoms with van der Waals surface area (Å²) in [4.78, 5) is 30.9. The average Bonchev–Trinajstić information content (AvgIpc) is 3.00. The van der Waals surface area contributed by atoms with Crippen LogP contribution in [0.25, 0.3) is 10.9 Å². The number of primary amides is 1. The molecule has 0 saturated carbocycles. The Morgan fingerprint density at radius 1 is 1.04 bits per heavy atom. The maximum absolute atomic E-state index is 13.2. The molecule has 118 valence electrons. The fourth-order valence-corrected chi connectivity index (χ4v) is 3.28. The van der Waals surface area contributed by atoms with Crippen molar-refractivity contribution in [2.75, 3.05) is 4.90 Å². The number of hydrogen-bond donors (Lipinski definition) is 1. The smallest absolute Gasteiger partial charge is 0.259 e. The number of nitrogens with two attached hydrogens (primary N) is 1. The molecule has 0 saturated heterocycles. The van der Waals surface area contributed by atoms with E-state index in [1.807, 2.05) is 36.4 Å². The van der Waals surface area contributed by atoms with Crippen LogP contribution >= 0.6 is 0 Å². The molecule has 4 rings (SSSR count). The minimum Gasteiger partial charge on any atom is -0.368 e. The third-order valence-electron chi connectivity index (χ3n) is 4.40. The van der Waals surface area contributed by atoms with Crippen LogP contribution in [0.1, 0.15) is 15.9 Å². The van der Waals surface area contributed by atoms with Crippen LogP contribution in [0.15, 0.2) is 60.8 Å². The molecule has 24 heavy (non-hydrogen) atoms. The lowest BCUT2D eigenvalue weighted by Crippen LogP contribution is -2.46. The van der Waals surface area contributed by atoms with Gasteiger partial charge in [-0.2, -0.15) is 0 Å². The van der Waals surface area contributed by atoms with E-state index in [4.69, 9.17) is 5.73 Å². The second kappa shape index (κ2) is 5.45. The molecule has 2 heterocycles. The van der Waals surface area contributed by atoms with Crippen LogP contribution in [0.5, 0.6) is 0 Å². The van der Waals surface area contributed by atoms with Crippen molar-refractivity contribution in [3.05, 3.63) is 71.9 Å². The summed E-state index contributed by atoms with van der Waals surface area (Å²) in [5.41, 5.74) is 8.50. The number of benzene rings is 2. The summed E-state index contributed by atoms with van der Waals surface area (Å²) in [7, 11) is 0. The summed E-state index contributed by atoms with van der Waals surface area (Å²) in [5.74, 6) is -0.736. The number of anilines is 1. The van der Waals surface area contributed by atoms with Gasteiger partial charge in [0.1, 0.15) is 6.04 Å². The van der Waals surface area contributed by atoms with Crippen molar-refractivity contribution in [2.24, 2.45) is 5.73 Å². The van der Waals surface area contributed by atoms with Gasteiger partial charge in [-0.1, -0.05) is 30.3 Å². The Morgan fingerprint density at radius 2 is 1.88 bits per heavy atom. The molecule has 5 nitrogen and oxygen atoms in total. The second-order valence-corrected chi connectivity index (χ2v) is 5.80. The topological polar surface area (TPSA) is 76.3 Å². The molecule has 1 aromatic heterocycles. The van der Waals surface area contributed by atoms with E-state index in [1.165, 1.54) is 4.90 Å². The highest BCUT2D eigenvalue weighted by molar-refractivity contribution is 6.16. The Bertz CT molecular complexity index is 962. The Morgan fingerprint density at radius 3 is 2.71 bits per heavy atom. The van der Waals surface area contributed by atoms with Crippen molar-refractivity contribution in [1.29, 1.82) is 0 Å². The SMILES string of the molecule is NC(=O)[C@@H]1Cc2ccccc2N1C(=O)c1cccc2ncccc12. The number of hydrogen-bond acceptors (Lipinski definition) is 3. The van der Waals surface area contributed by atoms with E-state index in [-0.39, 0.29) is 5.91 Å². The van der Waals surface area contributed by atoms with Gasteiger partial charge in [0.25, 0.3) is 5.91 Å². The van der Waals surface area contributed by atoms with Crippen LogP contribution < -0.4 is 10.6 Å². The molecule has 5 heteroatoms. The Labute approximate surface area is 138 Å². The zero-order valence-corrected chi connectivity index (χ0v) is 12.8. The standard InChI is InChI=1S/C19H15N3O2/c20-18(23)17-11-12-5-1-2-9-16(12)22(17)19(24)14-6-3-8-15-13(14)7-4-10-21-15/h1-10,17H,11H2,(H2,20,23)/t17-/m0/s1. The summed E-state index contributed by atoms with van der Waals surface area (Å²) in [5, 5.41) is 0.762. The number of amides is 2. The highest BCUT2D eigenvalue weighted by atomic mass is 16.2. The van der Waals surface area contributed by atoms with Gasteiger partial charge in [0.15, 0.2) is 0 Å². The van der Waals surface area contributed by atoms with Gasteiger partial charge in [-0.05, 0) is 29.8 Å². The molecular weight excluding hydrogens is 302 g/mol. The first-order valence-electron chi connectivity index (χ1n) is 7.71. The lowest BCUT2D eigenvalue weighted by Gasteiger charge is -2.24. The van der Waals surface area contributed by atoms with Crippen molar-refractivity contribution in [2.45, 2.75) is 12.5 Å². The van der Waals surface area contributed by atoms with Crippen molar-refractivity contribution in [3.63, 3.8) is 0 Å². The van der Waals surface area contributed by atoms with Crippen LogP contribution in [0.2, 0.25) is 0 Å². The Balaban J connectivity index is 1.87. The molecule has 0 radical (unpaired) electrons. The van der Waals surface area contributed by atoms with Gasteiger partial charge in [-0.3, -0.25) is 19.5 Å². The predicted octanol–water partition coefficient (Wildman–Crippen LogP) is 2.29. The molecule has 1 atom stereocenters. The number of para-hydroxylation sites is 1. The first-order valence-corrected chi connectivity index (χ1v) is 7.71. The number of rotatable bonds is 2. The summed E-state index contributed by atoms with van der Waals surface area (Å²) in [6, 6.07) is 15.9. The van der Waals surface area contributed by atoms with Crippen molar-refractivity contribution in [1.82, 2.24) is 4.98 Å². The van der Waals surface area contributed by atoms with E-state index in [0.29, 0.717) is 12.0 Å². The van der Waals surface area contributed by atoms with Gasteiger partial charge in [0.2, 0.25) is 5.91 Å². The van der Waals surface area contributed by atoms with Crippen LogP contribution in [-0.2, 0) is 11.2 Å².